The molecular formula is C19H30O2. The van der Waals surface area contributed by atoms with Crippen molar-refractivity contribution < 1.29 is 9.84 Å². The molecule has 0 radical (unpaired) electrons. The summed E-state index contributed by atoms with van der Waals surface area (Å²) in [6, 6.07) is 7.56. The molecule has 0 heterocycles. The zero-order valence-electron chi connectivity index (χ0n) is 13.8. The minimum Gasteiger partial charge on any atom is -0.508 e. The quantitative estimate of drug-likeness (QED) is 0.791. The van der Waals surface area contributed by atoms with E-state index < -0.39 is 0 Å². The SMILES string of the molecule is CCC1(CC)CCC(OC(C)Cc2ccccc2O)CC1. The normalized spacial score (nSPS) is 20.3. The minimum absolute atomic E-state index is 0.166. The molecule has 1 fully saturated rings. The van der Waals surface area contributed by atoms with Gasteiger partial charge in [0.25, 0.3) is 0 Å². The van der Waals surface area contributed by atoms with Crippen LogP contribution in [0.2, 0.25) is 0 Å². The van der Waals surface area contributed by atoms with Crippen LogP contribution in [0.25, 0.3) is 0 Å². The monoisotopic (exact) mass is 290 g/mol. The fraction of sp³-hybridized carbons (Fsp3) is 0.684. The predicted molar refractivity (Wildman–Crippen MR) is 87.6 cm³/mol. The minimum atomic E-state index is 0.166. The highest BCUT2D eigenvalue weighted by Gasteiger charge is 2.33. The molecular weight excluding hydrogens is 260 g/mol. The third-order valence-corrected chi connectivity index (χ3v) is 5.42. The van der Waals surface area contributed by atoms with Crippen molar-refractivity contribution in [3.63, 3.8) is 0 Å². The molecule has 1 unspecified atom stereocenters. The second-order valence-corrected chi connectivity index (χ2v) is 6.69. The Kier molecular flexibility index (Phi) is 5.69. The Balaban J connectivity index is 1.82. The average Bonchev–Trinajstić information content (AvgIpc) is 2.51. The maximum Gasteiger partial charge on any atom is 0.118 e. The van der Waals surface area contributed by atoms with Gasteiger partial charge in [-0.05, 0) is 49.7 Å². The third-order valence-electron chi connectivity index (χ3n) is 5.42. The molecule has 2 heteroatoms. The molecule has 0 amide bonds. The van der Waals surface area contributed by atoms with E-state index in [0.29, 0.717) is 17.3 Å². The summed E-state index contributed by atoms with van der Waals surface area (Å²) in [5.41, 5.74) is 1.55. The molecule has 1 aromatic rings. The number of hydrogen-bond donors (Lipinski definition) is 1. The maximum absolute atomic E-state index is 9.84. The highest BCUT2D eigenvalue weighted by atomic mass is 16.5. The Bertz CT molecular complexity index is 427. The van der Waals surface area contributed by atoms with Gasteiger partial charge in [0, 0.05) is 6.42 Å². The van der Waals surface area contributed by atoms with E-state index in [-0.39, 0.29) is 6.10 Å². The van der Waals surface area contributed by atoms with Gasteiger partial charge in [-0.3, -0.25) is 0 Å². The summed E-state index contributed by atoms with van der Waals surface area (Å²) in [4.78, 5) is 0. The molecule has 0 aromatic heterocycles. The van der Waals surface area contributed by atoms with Gasteiger partial charge in [0.05, 0.1) is 12.2 Å². The zero-order valence-corrected chi connectivity index (χ0v) is 13.8. The number of phenols is 1. The van der Waals surface area contributed by atoms with E-state index in [1.54, 1.807) is 6.07 Å². The maximum atomic E-state index is 9.84. The lowest BCUT2D eigenvalue weighted by Crippen LogP contribution is -2.32. The van der Waals surface area contributed by atoms with Crippen molar-refractivity contribution >= 4 is 0 Å². The van der Waals surface area contributed by atoms with E-state index in [1.165, 1.54) is 38.5 Å². The standard InChI is InChI=1S/C19H30O2/c1-4-19(5-2)12-10-17(11-13-19)21-15(3)14-16-8-6-7-9-18(16)20/h6-9,15,17,20H,4-5,10-14H2,1-3H3. The molecule has 21 heavy (non-hydrogen) atoms. The van der Waals surface area contributed by atoms with E-state index >= 15 is 0 Å². The summed E-state index contributed by atoms with van der Waals surface area (Å²) in [7, 11) is 0. The smallest absolute Gasteiger partial charge is 0.118 e. The van der Waals surface area contributed by atoms with Crippen LogP contribution in [0.3, 0.4) is 0 Å². The summed E-state index contributed by atoms with van der Waals surface area (Å²) >= 11 is 0. The van der Waals surface area contributed by atoms with E-state index in [9.17, 15) is 5.11 Å². The Labute approximate surface area is 129 Å². The number of rotatable bonds is 6. The fourth-order valence-corrected chi connectivity index (χ4v) is 3.67. The van der Waals surface area contributed by atoms with Crippen molar-refractivity contribution in [2.24, 2.45) is 5.41 Å². The molecule has 0 spiro atoms. The molecule has 0 saturated heterocycles. The summed E-state index contributed by atoms with van der Waals surface area (Å²) in [6.45, 7) is 6.77. The van der Waals surface area contributed by atoms with Crippen LogP contribution in [0.1, 0.15) is 64.9 Å². The first-order valence-electron chi connectivity index (χ1n) is 8.51. The van der Waals surface area contributed by atoms with Gasteiger partial charge in [0.2, 0.25) is 0 Å². The van der Waals surface area contributed by atoms with Gasteiger partial charge in [-0.15, -0.1) is 0 Å². The molecule has 0 bridgehead atoms. The molecule has 0 aliphatic heterocycles. The van der Waals surface area contributed by atoms with Crippen LogP contribution in [0.15, 0.2) is 24.3 Å². The first-order chi connectivity index (χ1) is 10.1. The van der Waals surface area contributed by atoms with Crippen LogP contribution in [-0.2, 0) is 11.2 Å². The third kappa shape index (κ3) is 4.23. The first-order valence-corrected chi connectivity index (χ1v) is 8.51. The molecule has 1 aliphatic rings. The molecule has 1 aromatic carbocycles. The molecule has 1 atom stereocenters. The molecule has 1 saturated carbocycles. The topological polar surface area (TPSA) is 29.5 Å². The number of benzene rings is 1. The van der Waals surface area contributed by atoms with Gasteiger partial charge >= 0.3 is 0 Å². The molecule has 1 N–H and O–H groups in total. The number of hydrogen-bond acceptors (Lipinski definition) is 2. The van der Waals surface area contributed by atoms with Crippen LogP contribution in [0, 0.1) is 5.41 Å². The van der Waals surface area contributed by atoms with Crippen molar-refractivity contribution in [2.75, 3.05) is 0 Å². The summed E-state index contributed by atoms with van der Waals surface area (Å²) in [5.74, 6) is 0.382. The van der Waals surface area contributed by atoms with Crippen LogP contribution in [0.5, 0.6) is 5.75 Å². The highest BCUT2D eigenvalue weighted by molar-refractivity contribution is 5.32. The van der Waals surface area contributed by atoms with Gasteiger partial charge in [-0.25, -0.2) is 0 Å². The van der Waals surface area contributed by atoms with Crippen LogP contribution in [0.4, 0.5) is 0 Å². The number of para-hydroxylation sites is 1. The summed E-state index contributed by atoms with van der Waals surface area (Å²) < 4.78 is 6.22. The molecule has 2 nitrogen and oxygen atoms in total. The van der Waals surface area contributed by atoms with Gasteiger partial charge < -0.3 is 9.84 Å². The van der Waals surface area contributed by atoms with Crippen LogP contribution in [-0.4, -0.2) is 17.3 Å². The van der Waals surface area contributed by atoms with Crippen molar-refractivity contribution in [1.82, 2.24) is 0 Å². The number of aromatic hydroxyl groups is 1. The van der Waals surface area contributed by atoms with Gasteiger partial charge in [-0.2, -0.15) is 0 Å². The van der Waals surface area contributed by atoms with Crippen molar-refractivity contribution in [3.05, 3.63) is 29.8 Å². The number of ether oxygens (including phenoxy) is 1. The zero-order chi connectivity index (χ0) is 15.3. The second-order valence-electron chi connectivity index (χ2n) is 6.69. The van der Waals surface area contributed by atoms with Crippen LogP contribution < -0.4 is 0 Å². The Morgan fingerprint density at radius 2 is 1.81 bits per heavy atom. The summed E-state index contributed by atoms with van der Waals surface area (Å²) in [5, 5.41) is 9.84. The van der Waals surface area contributed by atoms with E-state index in [1.807, 2.05) is 18.2 Å². The predicted octanol–water partition coefficient (Wildman–Crippen LogP) is 5.09. The van der Waals surface area contributed by atoms with E-state index in [4.69, 9.17) is 4.74 Å². The lowest BCUT2D eigenvalue weighted by atomic mass is 9.70. The summed E-state index contributed by atoms with van der Waals surface area (Å²) in [6.07, 6.45) is 8.92. The van der Waals surface area contributed by atoms with E-state index in [2.05, 4.69) is 20.8 Å². The fourth-order valence-electron chi connectivity index (χ4n) is 3.67. The number of phenolic OH excluding ortho intramolecular Hbond substituents is 1. The Morgan fingerprint density at radius 3 is 2.38 bits per heavy atom. The van der Waals surface area contributed by atoms with Gasteiger partial charge in [-0.1, -0.05) is 44.9 Å². The van der Waals surface area contributed by atoms with E-state index in [0.717, 1.165) is 12.0 Å². The second kappa shape index (κ2) is 7.31. The lowest BCUT2D eigenvalue weighted by Gasteiger charge is -2.39. The Morgan fingerprint density at radius 1 is 1.19 bits per heavy atom. The highest BCUT2D eigenvalue weighted by Crippen LogP contribution is 2.42. The molecule has 118 valence electrons. The van der Waals surface area contributed by atoms with Gasteiger partial charge in [0.15, 0.2) is 0 Å². The van der Waals surface area contributed by atoms with Crippen molar-refractivity contribution in [3.8, 4) is 5.75 Å². The van der Waals surface area contributed by atoms with Crippen molar-refractivity contribution in [2.45, 2.75) is 77.9 Å². The molecule has 2 rings (SSSR count). The lowest BCUT2D eigenvalue weighted by molar-refractivity contribution is -0.0437. The first kappa shape index (κ1) is 16.4. The van der Waals surface area contributed by atoms with Gasteiger partial charge in [0.1, 0.15) is 5.75 Å². The van der Waals surface area contributed by atoms with Crippen molar-refractivity contribution in [1.29, 1.82) is 0 Å². The average molecular weight is 290 g/mol. The Hall–Kier alpha value is -1.02. The molecule has 1 aliphatic carbocycles. The van der Waals surface area contributed by atoms with Crippen LogP contribution >= 0.6 is 0 Å². The largest absolute Gasteiger partial charge is 0.508 e.